The Hall–Kier alpha value is -3.96. The van der Waals surface area contributed by atoms with Gasteiger partial charge in [-0.05, 0) is 25.6 Å². The quantitative estimate of drug-likeness (QED) is 0.237. The van der Waals surface area contributed by atoms with E-state index in [1.165, 1.54) is 25.4 Å². The molecule has 12 heteroatoms. The Balaban J connectivity index is 1.53. The number of methoxy groups -OCH3 is 1. The first-order chi connectivity index (χ1) is 17.4. The summed E-state index contributed by atoms with van der Waals surface area (Å²) in [6, 6.07) is 8.02. The fourth-order valence-electron chi connectivity index (χ4n) is 4.50. The van der Waals surface area contributed by atoms with Crippen LogP contribution in [0.1, 0.15) is 6.42 Å². The van der Waals surface area contributed by atoms with Crippen molar-refractivity contribution in [1.29, 1.82) is 0 Å². The molecule has 36 heavy (non-hydrogen) atoms. The topological polar surface area (TPSA) is 121 Å². The highest BCUT2D eigenvalue weighted by molar-refractivity contribution is 6.33. The predicted molar refractivity (Wildman–Crippen MR) is 137 cm³/mol. The van der Waals surface area contributed by atoms with E-state index >= 15 is 0 Å². The van der Waals surface area contributed by atoms with Gasteiger partial charge in [-0.1, -0.05) is 17.7 Å². The third-order valence-corrected chi connectivity index (χ3v) is 6.61. The summed E-state index contributed by atoms with van der Waals surface area (Å²) in [6.07, 6.45) is 3.90. The molecule has 2 aromatic heterocycles. The zero-order valence-electron chi connectivity index (χ0n) is 19.5. The zero-order valence-corrected chi connectivity index (χ0v) is 20.3. The third-order valence-electron chi connectivity index (χ3n) is 6.33. The lowest BCUT2D eigenvalue weighted by atomic mass is 10.1. The Labute approximate surface area is 210 Å². The molecule has 1 aliphatic rings. The van der Waals surface area contributed by atoms with Crippen molar-refractivity contribution in [3.05, 3.63) is 63.7 Å². The highest BCUT2D eigenvalue weighted by Crippen LogP contribution is 2.41. The van der Waals surface area contributed by atoms with Crippen LogP contribution >= 0.6 is 11.6 Å². The van der Waals surface area contributed by atoms with Gasteiger partial charge in [0.05, 0.1) is 34.6 Å². The average molecular weight is 512 g/mol. The second kappa shape index (κ2) is 9.59. The lowest BCUT2D eigenvalue weighted by Crippen LogP contribution is -2.29. The molecule has 3 N–H and O–H groups in total. The summed E-state index contributed by atoms with van der Waals surface area (Å²) < 4.78 is 20.1. The molecule has 0 unspecified atom stereocenters. The molecule has 0 spiro atoms. The third kappa shape index (κ3) is 4.27. The number of nitrogens with zero attached hydrogens (tertiary/aromatic N) is 4. The fraction of sp³-hybridized carbons (Fsp3) is 0.250. The number of H-pyrrole nitrogens is 1. The maximum Gasteiger partial charge on any atom is 0.294 e. The van der Waals surface area contributed by atoms with Gasteiger partial charge >= 0.3 is 0 Å². The number of nitro benzene ring substituents is 1. The first-order valence-electron chi connectivity index (χ1n) is 11.2. The van der Waals surface area contributed by atoms with E-state index in [-0.39, 0.29) is 22.7 Å². The van der Waals surface area contributed by atoms with E-state index in [4.69, 9.17) is 16.3 Å². The first kappa shape index (κ1) is 23.8. The van der Waals surface area contributed by atoms with Gasteiger partial charge in [0.2, 0.25) is 5.95 Å². The van der Waals surface area contributed by atoms with Gasteiger partial charge < -0.3 is 25.3 Å². The number of aromatic nitrogens is 3. The van der Waals surface area contributed by atoms with Crippen molar-refractivity contribution < 1.29 is 14.1 Å². The molecule has 0 bridgehead atoms. The number of halogens is 2. The van der Waals surface area contributed by atoms with Gasteiger partial charge in [0.1, 0.15) is 17.3 Å². The predicted octanol–water partition coefficient (Wildman–Crippen LogP) is 4.88. The summed E-state index contributed by atoms with van der Waals surface area (Å²) in [6.45, 7) is 1.34. The number of aromatic amines is 1. The van der Waals surface area contributed by atoms with Crippen LogP contribution < -0.4 is 20.3 Å². The van der Waals surface area contributed by atoms with Crippen molar-refractivity contribution in [2.24, 2.45) is 0 Å². The Morgan fingerprint density at radius 2 is 2.19 bits per heavy atom. The highest BCUT2D eigenvalue weighted by Gasteiger charge is 2.29. The number of ether oxygens (including phenoxy) is 1. The number of hydrogen-bond acceptors (Lipinski definition) is 8. The molecule has 0 aliphatic carbocycles. The fourth-order valence-corrected chi connectivity index (χ4v) is 4.69. The Morgan fingerprint density at radius 1 is 1.36 bits per heavy atom. The van der Waals surface area contributed by atoms with Gasteiger partial charge in [-0.25, -0.2) is 14.4 Å². The second-order valence-electron chi connectivity index (χ2n) is 8.40. The number of anilines is 3. The van der Waals surface area contributed by atoms with Crippen molar-refractivity contribution in [3.8, 4) is 17.0 Å². The van der Waals surface area contributed by atoms with E-state index in [2.05, 4.69) is 25.6 Å². The Kier molecular flexibility index (Phi) is 6.33. The number of fused-ring (bicyclic) bond motifs is 1. The van der Waals surface area contributed by atoms with Crippen LogP contribution in [0.5, 0.6) is 5.75 Å². The second-order valence-corrected chi connectivity index (χ2v) is 8.81. The van der Waals surface area contributed by atoms with Crippen LogP contribution in [0.2, 0.25) is 5.02 Å². The van der Waals surface area contributed by atoms with Gasteiger partial charge in [0.15, 0.2) is 0 Å². The first-order valence-corrected chi connectivity index (χ1v) is 11.6. The maximum absolute atomic E-state index is 14.6. The number of nitrogens with one attached hydrogen (secondary N) is 3. The van der Waals surface area contributed by atoms with Crippen molar-refractivity contribution in [2.45, 2.75) is 12.5 Å². The average Bonchev–Trinajstić information content (AvgIpc) is 3.53. The normalized spacial score (nSPS) is 15.4. The molecule has 0 radical (unpaired) electrons. The van der Waals surface area contributed by atoms with E-state index in [0.29, 0.717) is 52.4 Å². The molecule has 1 atom stereocenters. The number of rotatable bonds is 7. The standard InChI is InChI=1S/C24H23ClFN7O3/c1-27-13-6-7-32(12-13)19-9-21(36-2)18(8-20(19)33(34)35)30-24-29-11-15(25)23(31-24)14-10-28-17-5-3-4-16(26)22(14)17/h3-5,8-11,13,27-28H,6-7,12H2,1-2H3,(H,29,30,31)/t13-/m1/s1. The molecule has 1 aliphatic heterocycles. The molecular weight excluding hydrogens is 489 g/mol. The van der Waals surface area contributed by atoms with Gasteiger partial charge in [0, 0.05) is 53.9 Å². The Morgan fingerprint density at radius 3 is 2.92 bits per heavy atom. The molecule has 1 saturated heterocycles. The summed E-state index contributed by atoms with van der Waals surface area (Å²) >= 11 is 6.37. The maximum atomic E-state index is 14.6. The van der Waals surface area contributed by atoms with Gasteiger partial charge in [-0.15, -0.1) is 0 Å². The number of nitro groups is 1. The molecule has 2 aromatic carbocycles. The number of hydrogen-bond donors (Lipinski definition) is 3. The van der Waals surface area contributed by atoms with Gasteiger partial charge in [-0.2, -0.15) is 0 Å². The molecule has 5 rings (SSSR count). The van der Waals surface area contributed by atoms with Crippen molar-refractivity contribution in [1.82, 2.24) is 20.3 Å². The summed E-state index contributed by atoms with van der Waals surface area (Å²) in [5.41, 5.74) is 2.11. The smallest absolute Gasteiger partial charge is 0.294 e. The Bertz CT molecular complexity index is 1460. The zero-order chi connectivity index (χ0) is 25.4. The SMILES string of the molecule is CN[C@@H]1CCN(c2cc(OC)c(Nc3ncc(Cl)c(-c4c[nH]c5cccc(F)c45)n3)cc2[N+](=O)[O-])C1. The van der Waals surface area contributed by atoms with Crippen molar-refractivity contribution in [2.75, 3.05) is 37.5 Å². The molecule has 1 fully saturated rings. The van der Waals surface area contributed by atoms with E-state index in [1.54, 1.807) is 24.4 Å². The largest absolute Gasteiger partial charge is 0.494 e. The molecule has 0 amide bonds. The monoisotopic (exact) mass is 511 g/mol. The number of benzene rings is 2. The van der Waals surface area contributed by atoms with Crippen LogP contribution in [0.4, 0.5) is 27.4 Å². The van der Waals surface area contributed by atoms with E-state index in [9.17, 15) is 14.5 Å². The van der Waals surface area contributed by atoms with Gasteiger partial charge in [0.25, 0.3) is 5.69 Å². The van der Waals surface area contributed by atoms with Crippen LogP contribution in [0.15, 0.2) is 42.7 Å². The van der Waals surface area contributed by atoms with E-state index < -0.39 is 10.7 Å². The lowest BCUT2D eigenvalue weighted by Gasteiger charge is -2.21. The van der Waals surface area contributed by atoms with Gasteiger partial charge in [-0.3, -0.25) is 10.1 Å². The molecular formula is C24H23ClFN7O3. The van der Waals surface area contributed by atoms with Crippen LogP contribution in [-0.4, -0.2) is 53.2 Å². The van der Waals surface area contributed by atoms with E-state index in [1.807, 2.05) is 11.9 Å². The highest BCUT2D eigenvalue weighted by atomic mass is 35.5. The lowest BCUT2D eigenvalue weighted by molar-refractivity contribution is -0.384. The van der Waals surface area contributed by atoms with Crippen LogP contribution in [0.25, 0.3) is 22.2 Å². The number of likely N-dealkylation sites (N-methyl/N-ethyl adjacent to an activating group) is 1. The minimum atomic E-state index is -0.421. The molecule has 186 valence electrons. The molecule has 4 aromatic rings. The van der Waals surface area contributed by atoms with E-state index in [0.717, 1.165) is 6.42 Å². The minimum Gasteiger partial charge on any atom is -0.494 e. The van der Waals surface area contributed by atoms with Crippen LogP contribution in [-0.2, 0) is 0 Å². The summed E-state index contributed by atoms with van der Waals surface area (Å²) in [5, 5.41) is 18.7. The summed E-state index contributed by atoms with van der Waals surface area (Å²) in [5.74, 6) is 0.0989. The molecule has 10 nitrogen and oxygen atoms in total. The van der Waals surface area contributed by atoms with Crippen LogP contribution in [0, 0.1) is 15.9 Å². The van der Waals surface area contributed by atoms with Crippen LogP contribution in [0.3, 0.4) is 0 Å². The minimum absolute atomic E-state index is 0.0667. The molecule has 0 saturated carbocycles. The molecule has 3 heterocycles. The van der Waals surface area contributed by atoms with Crippen molar-refractivity contribution in [3.63, 3.8) is 0 Å². The summed E-state index contributed by atoms with van der Waals surface area (Å²) in [4.78, 5) is 25.2. The summed E-state index contributed by atoms with van der Waals surface area (Å²) in [7, 11) is 3.36. The van der Waals surface area contributed by atoms with Crippen molar-refractivity contribution >= 4 is 45.5 Å².